The van der Waals surface area contributed by atoms with Gasteiger partial charge in [-0.2, -0.15) is 0 Å². The highest BCUT2D eigenvalue weighted by Gasteiger charge is 2.42. The number of carboxylic acids is 2. The van der Waals surface area contributed by atoms with E-state index in [4.69, 9.17) is 21.1 Å². The number of aromatic nitrogens is 1. The van der Waals surface area contributed by atoms with Crippen molar-refractivity contribution in [3.63, 3.8) is 0 Å². The molecule has 2 atom stereocenters. The van der Waals surface area contributed by atoms with Crippen molar-refractivity contribution in [3.05, 3.63) is 105 Å². The van der Waals surface area contributed by atoms with Crippen molar-refractivity contribution in [2.45, 2.75) is 50.7 Å². The zero-order valence-electron chi connectivity index (χ0n) is 29.0. The highest BCUT2D eigenvalue weighted by atomic mass is 79.9. The molecule has 0 aliphatic carbocycles. The highest BCUT2D eigenvalue weighted by Crippen LogP contribution is 2.41. The Kier molecular flexibility index (Phi) is 12.5. The van der Waals surface area contributed by atoms with Crippen molar-refractivity contribution in [3.8, 4) is 22.6 Å². The first-order chi connectivity index (χ1) is 25.6. The molecule has 1 fully saturated rings. The van der Waals surface area contributed by atoms with Crippen LogP contribution in [0.4, 0.5) is 5.69 Å². The number of carbonyl (C=O) groups is 2. The third-order valence-electron chi connectivity index (χ3n) is 9.75. The molecule has 6 rings (SSSR count). The van der Waals surface area contributed by atoms with Gasteiger partial charge in [0.05, 0.1) is 11.6 Å². The summed E-state index contributed by atoms with van der Waals surface area (Å²) in [6.07, 6.45) is 5.37. The van der Waals surface area contributed by atoms with Crippen LogP contribution in [-0.4, -0.2) is 93.2 Å². The molecule has 14 heteroatoms. The molecular formula is C39H42BrClN4O8. The first-order valence-corrected chi connectivity index (χ1v) is 18.6. The fourth-order valence-electron chi connectivity index (χ4n) is 6.83. The number of β-amino-alcohol motifs (C(OH)–C–C–N with tert-alkyl or cyclic N) is 1. The summed E-state index contributed by atoms with van der Waals surface area (Å²) >= 11 is 10.6. The number of pyridine rings is 1. The lowest BCUT2D eigenvalue weighted by atomic mass is 9.96. The fraction of sp³-hybridized carbons (Fsp3) is 0.359. The molecule has 280 valence electrons. The van der Waals surface area contributed by atoms with Crippen LogP contribution in [-0.2, 0) is 35.8 Å². The summed E-state index contributed by atoms with van der Waals surface area (Å²) < 4.78 is 13.3. The van der Waals surface area contributed by atoms with Gasteiger partial charge in [0, 0.05) is 84.5 Å². The first-order valence-electron chi connectivity index (χ1n) is 17.4. The number of ether oxygens (including phenoxy) is 2. The lowest BCUT2D eigenvalue weighted by Crippen LogP contribution is -2.41. The Balaban J connectivity index is 1.15. The number of nitrogens with zero attached hydrogens (tertiary/aromatic N) is 3. The maximum Gasteiger partial charge on any atom is 0.337 e. The van der Waals surface area contributed by atoms with Gasteiger partial charge in [-0.05, 0) is 70.2 Å². The second-order valence-electron chi connectivity index (χ2n) is 13.3. The number of aliphatic carboxylic acids is 2. The van der Waals surface area contributed by atoms with Gasteiger partial charge < -0.3 is 34.8 Å². The average Bonchev–Trinajstić information content (AvgIpc) is 3.75. The van der Waals surface area contributed by atoms with E-state index in [1.54, 1.807) is 24.5 Å². The van der Waals surface area contributed by atoms with Crippen molar-refractivity contribution in [2.24, 2.45) is 0 Å². The third-order valence-corrected chi connectivity index (χ3v) is 11.0. The van der Waals surface area contributed by atoms with Crippen LogP contribution in [0.15, 0.2) is 77.5 Å². The largest absolute Gasteiger partial charge is 0.488 e. The summed E-state index contributed by atoms with van der Waals surface area (Å²) in [5, 5.41) is 41.6. The van der Waals surface area contributed by atoms with Crippen LogP contribution < -0.4 is 19.7 Å². The lowest BCUT2D eigenvalue weighted by Gasteiger charge is -2.23. The van der Waals surface area contributed by atoms with Crippen molar-refractivity contribution < 1.29 is 39.5 Å². The van der Waals surface area contributed by atoms with E-state index in [1.165, 1.54) is 11.3 Å². The van der Waals surface area contributed by atoms with E-state index in [0.29, 0.717) is 28.6 Å². The number of benzene rings is 3. The van der Waals surface area contributed by atoms with Crippen LogP contribution in [0.1, 0.15) is 35.1 Å². The van der Waals surface area contributed by atoms with Gasteiger partial charge in [-0.25, -0.2) is 4.79 Å². The van der Waals surface area contributed by atoms with E-state index in [2.05, 4.69) is 55.4 Å². The number of fused-ring (bicyclic) bond motifs is 1. The van der Waals surface area contributed by atoms with E-state index in [9.17, 15) is 30.0 Å². The van der Waals surface area contributed by atoms with Crippen molar-refractivity contribution >= 4 is 45.2 Å². The standard InChI is InChI=1S/C39H42BrClN4O8/c40-36-26(23-53-35-18-34(52-22-25-5-3-12-42-19-25)27(17-31(35)41)20-43-32(21-46)37(47)48)6-1-8-30(36)28-7-2-9-33-29(28)10-15-45(33)14-4-13-44-16-11-39(51,24-44)38(49)50/h1-3,5-9,12,17-19,32,43,46,51H,4,10-11,13-16,20-24H2,(H,47,48)(H,49,50)/t32-,39?/m0/s1. The molecule has 0 radical (unpaired) electrons. The van der Waals surface area contributed by atoms with Crippen LogP contribution in [0.3, 0.4) is 0 Å². The number of hydrogen-bond donors (Lipinski definition) is 5. The number of hydrogen-bond acceptors (Lipinski definition) is 10. The number of likely N-dealkylation sites (tertiary alicyclic amines) is 1. The van der Waals surface area contributed by atoms with Crippen LogP contribution >= 0.6 is 27.5 Å². The lowest BCUT2D eigenvalue weighted by molar-refractivity contribution is -0.157. The second-order valence-corrected chi connectivity index (χ2v) is 14.5. The van der Waals surface area contributed by atoms with Gasteiger partial charge in [0.25, 0.3) is 0 Å². The number of aliphatic hydroxyl groups excluding tert-OH is 1. The second kappa shape index (κ2) is 17.3. The summed E-state index contributed by atoms with van der Waals surface area (Å²) in [5.74, 6) is -1.49. The number of anilines is 1. The summed E-state index contributed by atoms with van der Waals surface area (Å²) in [7, 11) is 0. The Labute approximate surface area is 321 Å². The van der Waals surface area contributed by atoms with Crippen molar-refractivity contribution in [1.82, 2.24) is 15.2 Å². The minimum absolute atomic E-state index is 0.0852. The fourth-order valence-corrected chi connectivity index (χ4v) is 7.66. The van der Waals surface area contributed by atoms with Gasteiger partial charge in [-0.1, -0.05) is 48.0 Å². The average molecular weight is 810 g/mol. The Morgan fingerprint density at radius 2 is 1.77 bits per heavy atom. The first kappa shape index (κ1) is 38.5. The van der Waals surface area contributed by atoms with Crippen LogP contribution in [0, 0.1) is 0 Å². The molecule has 0 amide bonds. The van der Waals surface area contributed by atoms with Gasteiger partial charge in [0.15, 0.2) is 5.60 Å². The molecule has 2 aliphatic rings. The predicted molar refractivity (Wildman–Crippen MR) is 203 cm³/mol. The van der Waals surface area contributed by atoms with Crippen LogP contribution in [0.2, 0.25) is 5.02 Å². The molecule has 0 bridgehead atoms. The van der Waals surface area contributed by atoms with Gasteiger partial charge in [-0.15, -0.1) is 0 Å². The maximum absolute atomic E-state index is 11.5. The predicted octanol–water partition coefficient (Wildman–Crippen LogP) is 5.13. The van der Waals surface area contributed by atoms with Gasteiger partial charge >= 0.3 is 11.9 Å². The molecule has 4 aromatic rings. The molecule has 0 spiro atoms. The SMILES string of the molecule is O=C(O)[C@H](CO)NCc1cc(Cl)c(OCc2cccc(-c3cccc4c3CCN4CCCN3CCC(O)(C(=O)O)C3)c2Br)cc1OCc1cccnc1. The number of nitrogens with one attached hydrogen (secondary N) is 1. The van der Waals surface area contributed by atoms with Crippen LogP contribution in [0.5, 0.6) is 11.5 Å². The Hall–Kier alpha value is -4.24. The molecule has 3 heterocycles. The number of rotatable bonds is 17. The van der Waals surface area contributed by atoms with E-state index in [0.717, 1.165) is 59.2 Å². The van der Waals surface area contributed by atoms with Crippen molar-refractivity contribution in [2.75, 3.05) is 44.2 Å². The number of aliphatic hydroxyl groups is 2. The smallest absolute Gasteiger partial charge is 0.337 e. The Bertz CT molecular complexity index is 1940. The van der Waals surface area contributed by atoms with E-state index in [-0.39, 0.29) is 32.7 Å². The zero-order valence-corrected chi connectivity index (χ0v) is 31.4. The number of carboxylic acid groups (broad SMARTS) is 2. The molecule has 3 aromatic carbocycles. The number of halogens is 2. The molecule has 1 unspecified atom stereocenters. The van der Waals surface area contributed by atoms with Gasteiger partial charge in [0.1, 0.15) is 30.8 Å². The molecule has 0 saturated carbocycles. The maximum atomic E-state index is 11.5. The van der Waals surface area contributed by atoms with E-state index >= 15 is 0 Å². The monoisotopic (exact) mass is 808 g/mol. The summed E-state index contributed by atoms with van der Waals surface area (Å²) in [6.45, 7) is 3.11. The molecule has 1 aromatic heterocycles. The normalized spacial score (nSPS) is 17.5. The third kappa shape index (κ3) is 9.11. The zero-order chi connectivity index (χ0) is 37.5. The Morgan fingerprint density at radius 3 is 2.51 bits per heavy atom. The van der Waals surface area contributed by atoms with E-state index in [1.807, 2.05) is 29.2 Å². The summed E-state index contributed by atoms with van der Waals surface area (Å²) in [5.41, 5.74) is 5.33. The molecule has 53 heavy (non-hydrogen) atoms. The van der Waals surface area contributed by atoms with Gasteiger partial charge in [0.2, 0.25) is 0 Å². The quantitative estimate of drug-likeness (QED) is 0.0957. The molecule has 2 aliphatic heterocycles. The van der Waals surface area contributed by atoms with Crippen molar-refractivity contribution in [1.29, 1.82) is 0 Å². The summed E-state index contributed by atoms with van der Waals surface area (Å²) in [4.78, 5) is 31.4. The molecule has 1 saturated heterocycles. The van der Waals surface area contributed by atoms with Crippen LogP contribution in [0.25, 0.3) is 11.1 Å². The molecule has 12 nitrogen and oxygen atoms in total. The molecule has 5 N–H and O–H groups in total. The Morgan fingerprint density at radius 1 is 0.981 bits per heavy atom. The molecular weight excluding hydrogens is 768 g/mol. The van der Waals surface area contributed by atoms with Gasteiger partial charge in [-0.3, -0.25) is 20.0 Å². The minimum atomic E-state index is -1.65. The topological polar surface area (TPSA) is 165 Å². The summed E-state index contributed by atoms with van der Waals surface area (Å²) in [6, 6.07) is 18.3. The highest BCUT2D eigenvalue weighted by molar-refractivity contribution is 9.10. The minimum Gasteiger partial charge on any atom is -0.488 e. The van der Waals surface area contributed by atoms with E-state index < -0.39 is 30.2 Å².